The largest absolute Gasteiger partial charge is 0.492 e. The van der Waals surface area contributed by atoms with Crippen LogP contribution >= 0.6 is 23.2 Å². The molecule has 0 aliphatic carbocycles. The van der Waals surface area contributed by atoms with E-state index in [9.17, 15) is 9.18 Å². The number of halogens is 3. The molecule has 1 aromatic heterocycles. The molecule has 0 amide bonds. The first kappa shape index (κ1) is 21.8. The summed E-state index contributed by atoms with van der Waals surface area (Å²) < 4.78 is 25.3. The van der Waals surface area contributed by atoms with Crippen molar-refractivity contribution in [1.29, 1.82) is 0 Å². The summed E-state index contributed by atoms with van der Waals surface area (Å²) in [5.41, 5.74) is 0.639. The van der Waals surface area contributed by atoms with E-state index in [2.05, 4.69) is 9.97 Å². The average Bonchev–Trinajstić information content (AvgIpc) is 2.73. The SMILES string of the molecule is COc1c(Cl)ccc(-c2nc(C(=O)OCc3ccccc3)c(Cl)c(N(C)C)n2)c1F. The minimum absolute atomic E-state index is 0.00292. The van der Waals surface area contributed by atoms with E-state index in [0.717, 1.165) is 5.56 Å². The number of anilines is 1. The van der Waals surface area contributed by atoms with Crippen LogP contribution in [0.5, 0.6) is 5.75 Å². The van der Waals surface area contributed by atoms with Crippen molar-refractivity contribution in [3.63, 3.8) is 0 Å². The molecule has 0 aliphatic heterocycles. The second kappa shape index (κ2) is 9.28. The molecular weight excluding hydrogens is 432 g/mol. The molecule has 2 aromatic carbocycles. The number of ether oxygens (including phenoxy) is 2. The number of carbonyl (C=O) groups is 1. The van der Waals surface area contributed by atoms with Crippen molar-refractivity contribution in [2.75, 3.05) is 26.1 Å². The first-order valence-corrected chi connectivity index (χ1v) is 9.57. The number of methoxy groups -OCH3 is 1. The number of hydrogen-bond acceptors (Lipinski definition) is 6. The van der Waals surface area contributed by atoms with Crippen molar-refractivity contribution in [3.8, 4) is 17.1 Å². The summed E-state index contributed by atoms with van der Waals surface area (Å²) in [6.07, 6.45) is 0. The highest BCUT2D eigenvalue weighted by Crippen LogP contribution is 2.36. The molecule has 0 saturated heterocycles. The zero-order valence-electron chi connectivity index (χ0n) is 16.4. The molecule has 0 bridgehead atoms. The molecule has 30 heavy (non-hydrogen) atoms. The maximum Gasteiger partial charge on any atom is 0.359 e. The summed E-state index contributed by atoms with van der Waals surface area (Å²) in [6.45, 7) is 0.0375. The molecule has 6 nitrogen and oxygen atoms in total. The van der Waals surface area contributed by atoms with Crippen LogP contribution < -0.4 is 9.64 Å². The van der Waals surface area contributed by atoms with Crippen LogP contribution in [-0.2, 0) is 11.3 Å². The normalized spacial score (nSPS) is 10.6. The maximum atomic E-state index is 14.9. The molecule has 0 atom stereocenters. The van der Waals surface area contributed by atoms with Gasteiger partial charge in [0.05, 0.1) is 17.7 Å². The Hall–Kier alpha value is -2.90. The highest BCUT2D eigenvalue weighted by molar-refractivity contribution is 6.35. The van der Waals surface area contributed by atoms with Crippen LogP contribution in [0.25, 0.3) is 11.4 Å². The Morgan fingerprint density at radius 3 is 2.43 bits per heavy atom. The number of nitrogens with zero attached hydrogens (tertiary/aromatic N) is 3. The van der Waals surface area contributed by atoms with E-state index in [1.165, 1.54) is 19.2 Å². The Morgan fingerprint density at radius 1 is 1.10 bits per heavy atom. The molecule has 0 aliphatic rings. The van der Waals surface area contributed by atoms with Crippen LogP contribution in [0.4, 0.5) is 10.2 Å². The lowest BCUT2D eigenvalue weighted by molar-refractivity contribution is 0.0466. The summed E-state index contributed by atoms with van der Waals surface area (Å²) in [4.78, 5) is 22.8. The van der Waals surface area contributed by atoms with Crippen molar-refractivity contribution in [3.05, 3.63) is 69.6 Å². The van der Waals surface area contributed by atoms with Gasteiger partial charge in [0.15, 0.2) is 28.9 Å². The average molecular weight is 450 g/mol. The molecule has 3 rings (SSSR count). The summed E-state index contributed by atoms with van der Waals surface area (Å²) in [6, 6.07) is 12.0. The number of hydrogen-bond donors (Lipinski definition) is 0. The number of aromatic nitrogens is 2. The van der Waals surface area contributed by atoms with Crippen LogP contribution in [0.15, 0.2) is 42.5 Å². The van der Waals surface area contributed by atoms with Crippen LogP contribution in [0.1, 0.15) is 16.1 Å². The van der Waals surface area contributed by atoms with Gasteiger partial charge in [-0.1, -0.05) is 53.5 Å². The molecule has 0 saturated carbocycles. The second-order valence-corrected chi connectivity index (χ2v) is 7.22. The minimum atomic E-state index is -0.753. The fraction of sp³-hybridized carbons (Fsp3) is 0.190. The molecule has 3 aromatic rings. The first-order chi connectivity index (χ1) is 14.3. The van der Waals surface area contributed by atoms with Crippen LogP contribution in [-0.4, -0.2) is 37.1 Å². The van der Waals surface area contributed by atoms with E-state index in [0.29, 0.717) is 0 Å². The number of benzene rings is 2. The zero-order chi connectivity index (χ0) is 21.8. The number of rotatable bonds is 6. The van der Waals surface area contributed by atoms with Gasteiger partial charge in [-0.3, -0.25) is 0 Å². The van der Waals surface area contributed by atoms with Gasteiger partial charge in [-0.25, -0.2) is 19.2 Å². The van der Waals surface area contributed by atoms with Gasteiger partial charge in [0.25, 0.3) is 0 Å². The third kappa shape index (κ3) is 4.47. The topological polar surface area (TPSA) is 64.6 Å². The Balaban J connectivity index is 2.04. The number of esters is 1. The van der Waals surface area contributed by atoms with Gasteiger partial charge >= 0.3 is 5.97 Å². The molecular formula is C21H18Cl2FN3O3. The van der Waals surface area contributed by atoms with E-state index in [4.69, 9.17) is 32.7 Å². The van der Waals surface area contributed by atoms with Crippen LogP contribution in [0.2, 0.25) is 10.0 Å². The van der Waals surface area contributed by atoms with Gasteiger partial charge in [0.2, 0.25) is 0 Å². The smallest absolute Gasteiger partial charge is 0.359 e. The van der Waals surface area contributed by atoms with Crippen molar-refractivity contribution in [2.24, 2.45) is 0 Å². The fourth-order valence-corrected chi connectivity index (χ4v) is 3.22. The standard InChI is InChI=1S/C21H18Cl2FN3O3/c1-27(2)20-15(23)17(21(28)30-11-12-7-5-4-6-8-12)25-19(26-20)13-9-10-14(22)18(29-3)16(13)24/h4-10H,11H2,1-3H3. The second-order valence-electron chi connectivity index (χ2n) is 6.43. The molecule has 0 N–H and O–H groups in total. The minimum Gasteiger partial charge on any atom is -0.492 e. The Morgan fingerprint density at radius 2 is 1.80 bits per heavy atom. The molecule has 0 fully saturated rings. The van der Waals surface area contributed by atoms with Crippen LogP contribution in [0, 0.1) is 5.82 Å². The van der Waals surface area contributed by atoms with Crippen molar-refractivity contribution in [2.45, 2.75) is 6.61 Å². The van der Waals surface area contributed by atoms with Crippen molar-refractivity contribution >= 4 is 35.0 Å². The Kier molecular flexibility index (Phi) is 6.74. The molecule has 0 spiro atoms. The molecule has 0 radical (unpaired) electrons. The quantitative estimate of drug-likeness (QED) is 0.492. The monoisotopic (exact) mass is 449 g/mol. The highest BCUT2D eigenvalue weighted by Gasteiger charge is 2.24. The van der Waals surface area contributed by atoms with E-state index in [-0.39, 0.29) is 45.3 Å². The molecule has 9 heteroatoms. The molecule has 1 heterocycles. The van der Waals surface area contributed by atoms with E-state index >= 15 is 0 Å². The highest BCUT2D eigenvalue weighted by atomic mass is 35.5. The van der Waals surface area contributed by atoms with Gasteiger partial charge in [0, 0.05) is 14.1 Å². The maximum absolute atomic E-state index is 14.9. The fourth-order valence-electron chi connectivity index (χ4n) is 2.67. The predicted molar refractivity (Wildman–Crippen MR) is 114 cm³/mol. The first-order valence-electron chi connectivity index (χ1n) is 8.81. The van der Waals surface area contributed by atoms with Crippen molar-refractivity contribution in [1.82, 2.24) is 9.97 Å². The van der Waals surface area contributed by atoms with Gasteiger partial charge in [-0.2, -0.15) is 0 Å². The summed E-state index contributed by atoms with van der Waals surface area (Å²) >= 11 is 12.3. The van der Waals surface area contributed by atoms with E-state index in [1.807, 2.05) is 30.3 Å². The van der Waals surface area contributed by atoms with Crippen LogP contribution in [0.3, 0.4) is 0 Å². The summed E-state index contributed by atoms with van der Waals surface area (Å²) in [5, 5.41) is 0.103. The van der Waals surface area contributed by atoms with Gasteiger partial charge in [-0.15, -0.1) is 0 Å². The lowest BCUT2D eigenvalue weighted by Gasteiger charge is -2.17. The van der Waals surface area contributed by atoms with Gasteiger partial charge in [0.1, 0.15) is 11.6 Å². The third-order valence-electron chi connectivity index (χ3n) is 4.16. The van der Waals surface area contributed by atoms with Crippen molar-refractivity contribution < 1.29 is 18.7 Å². The third-order valence-corrected chi connectivity index (χ3v) is 4.80. The summed E-state index contributed by atoms with van der Waals surface area (Å²) in [5.74, 6) is -1.46. The lowest BCUT2D eigenvalue weighted by atomic mass is 10.1. The van der Waals surface area contributed by atoms with Gasteiger partial charge in [-0.05, 0) is 17.7 Å². The van der Waals surface area contributed by atoms with Gasteiger partial charge < -0.3 is 14.4 Å². The Labute approximate surface area is 183 Å². The zero-order valence-corrected chi connectivity index (χ0v) is 18.0. The lowest BCUT2D eigenvalue weighted by Crippen LogP contribution is -2.17. The molecule has 0 unspecified atom stereocenters. The van der Waals surface area contributed by atoms with E-state index in [1.54, 1.807) is 19.0 Å². The predicted octanol–water partition coefficient (Wildman–Crippen LogP) is 5.02. The number of carbonyl (C=O) groups excluding carboxylic acids is 1. The molecule has 156 valence electrons. The summed E-state index contributed by atoms with van der Waals surface area (Å²) in [7, 11) is 4.68. The van der Waals surface area contributed by atoms with E-state index < -0.39 is 11.8 Å². The Bertz CT molecular complexity index is 1080.